The highest BCUT2D eigenvalue weighted by atomic mass is 79.9. The van der Waals surface area contributed by atoms with Gasteiger partial charge in [0.05, 0.1) is 16.2 Å². The van der Waals surface area contributed by atoms with Gasteiger partial charge in [-0.25, -0.2) is 4.68 Å². The summed E-state index contributed by atoms with van der Waals surface area (Å²) in [6, 6.07) is 0.354. The van der Waals surface area contributed by atoms with E-state index in [9.17, 15) is 0 Å². The summed E-state index contributed by atoms with van der Waals surface area (Å²) in [6.45, 7) is 1.67. The Morgan fingerprint density at radius 3 is 2.63 bits per heavy atom. The Bertz CT molecular complexity index is 435. The van der Waals surface area contributed by atoms with Gasteiger partial charge < -0.3 is 11.1 Å². The number of hydrogen-bond donors (Lipinski definition) is 2. The summed E-state index contributed by atoms with van der Waals surface area (Å²) in [6.07, 6.45) is 9.07. The Kier molecular flexibility index (Phi) is 4.12. The predicted octanol–water partition coefficient (Wildman–Crippen LogP) is 3.40. The summed E-state index contributed by atoms with van der Waals surface area (Å²) in [5.41, 5.74) is 7.13. The van der Waals surface area contributed by atoms with Crippen molar-refractivity contribution in [2.24, 2.45) is 5.73 Å². The highest BCUT2D eigenvalue weighted by Crippen LogP contribution is 2.40. The van der Waals surface area contributed by atoms with E-state index in [2.05, 4.69) is 25.9 Å². The summed E-state index contributed by atoms with van der Waals surface area (Å²) < 4.78 is 3.30. The molecule has 1 aliphatic heterocycles. The molecule has 0 amide bonds. The molecule has 0 spiro atoms. The van der Waals surface area contributed by atoms with E-state index >= 15 is 0 Å². The van der Waals surface area contributed by atoms with E-state index in [0.29, 0.717) is 18.5 Å². The van der Waals surface area contributed by atoms with Gasteiger partial charge in [-0.05, 0) is 35.2 Å². The smallest absolute Gasteiger partial charge is 0.139 e. The molecule has 1 fully saturated rings. The number of nitrogens with zero attached hydrogens (tertiary/aromatic N) is 2. The lowest BCUT2D eigenvalue weighted by Gasteiger charge is -2.24. The van der Waals surface area contributed by atoms with Crippen molar-refractivity contribution >= 4 is 21.7 Å². The number of hydrogen-bond acceptors (Lipinski definition) is 3. The van der Waals surface area contributed by atoms with Crippen LogP contribution in [0, 0.1) is 0 Å². The topological polar surface area (TPSA) is 55.9 Å². The Morgan fingerprint density at radius 2 is 1.95 bits per heavy atom. The van der Waals surface area contributed by atoms with E-state index in [4.69, 9.17) is 10.8 Å². The number of halogens is 1. The van der Waals surface area contributed by atoms with Crippen molar-refractivity contribution < 1.29 is 0 Å². The Balaban J connectivity index is 1.91. The first-order chi connectivity index (χ1) is 9.31. The quantitative estimate of drug-likeness (QED) is 0.819. The third kappa shape index (κ3) is 2.55. The third-order valence-electron chi connectivity index (χ3n) is 4.51. The van der Waals surface area contributed by atoms with E-state index in [1.165, 1.54) is 48.7 Å². The van der Waals surface area contributed by atoms with Gasteiger partial charge in [0.25, 0.3) is 0 Å². The van der Waals surface area contributed by atoms with Crippen LogP contribution in [0.1, 0.15) is 62.6 Å². The van der Waals surface area contributed by atoms with Crippen LogP contribution in [0.4, 0.5) is 5.82 Å². The third-order valence-corrected chi connectivity index (χ3v) is 5.29. The zero-order valence-corrected chi connectivity index (χ0v) is 13.0. The Labute approximate surface area is 123 Å². The molecule has 4 nitrogen and oxygen atoms in total. The first-order valence-corrected chi connectivity index (χ1v) is 8.32. The lowest BCUT2D eigenvalue weighted by Crippen LogP contribution is -2.28. The number of nitrogens with two attached hydrogens (primary N) is 1. The van der Waals surface area contributed by atoms with Gasteiger partial charge in [0.15, 0.2) is 0 Å². The van der Waals surface area contributed by atoms with Crippen LogP contribution in [0.3, 0.4) is 0 Å². The fraction of sp³-hybridized carbons (Fsp3) is 0.786. The molecule has 0 bridgehead atoms. The molecular weight excluding hydrogens is 304 g/mol. The molecule has 106 valence electrons. The molecule has 2 heterocycles. The lowest BCUT2D eigenvalue weighted by molar-refractivity contribution is 0.420. The fourth-order valence-corrected chi connectivity index (χ4v) is 4.09. The predicted molar refractivity (Wildman–Crippen MR) is 81.6 cm³/mol. The van der Waals surface area contributed by atoms with Crippen LogP contribution < -0.4 is 11.1 Å². The van der Waals surface area contributed by atoms with Gasteiger partial charge >= 0.3 is 0 Å². The fourth-order valence-electron chi connectivity index (χ4n) is 3.37. The summed E-state index contributed by atoms with van der Waals surface area (Å²) >= 11 is 3.77. The highest BCUT2D eigenvalue weighted by molar-refractivity contribution is 9.10. The van der Waals surface area contributed by atoms with E-state index in [0.717, 1.165) is 18.8 Å². The van der Waals surface area contributed by atoms with Crippen LogP contribution in [0.15, 0.2) is 4.47 Å². The molecule has 1 aromatic heterocycles. The number of aromatic nitrogens is 2. The van der Waals surface area contributed by atoms with E-state index < -0.39 is 0 Å². The van der Waals surface area contributed by atoms with E-state index in [-0.39, 0.29) is 0 Å². The lowest BCUT2D eigenvalue weighted by atomic mass is 9.97. The van der Waals surface area contributed by atoms with E-state index in [1.807, 2.05) is 0 Å². The largest absolute Gasteiger partial charge is 0.369 e. The second kappa shape index (κ2) is 5.83. The molecule has 0 aromatic carbocycles. The van der Waals surface area contributed by atoms with Crippen molar-refractivity contribution in [1.29, 1.82) is 0 Å². The first-order valence-electron chi connectivity index (χ1n) is 7.53. The van der Waals surface area contributed by atoms with Gasteiger partial charge in [0.1, 0.15) is 5.82 Å². The number of rotatable bonds is 2. The summed E-state index contributed by atoms with van der Waals surface area (Å²) in [5.74, 6) is 1.76. The molecule has 0 radical (unpaired) electrons. The van der Waals surface area contributed by atoms with Crippen molar-refractivity contribution in [2.45, 2.75) is 56.9 Å². The summed E-state index contributed by atoms with van der Waals surface area (Å²) in [4.78, 5) is 0. The summed E-state index contributed by atoms with van der Waals surface area (Å²) in [5, 5.41) is 8.36. The Morgan fingerprint density at radius 1 is 1.21 bits per heavy atom. The maximum absolute atomic E-state index is 5.88. The molecule has 1 unspecified atom stereocenters. The van der Waals surface area contributed by atoms with Crippen molar-refractivity contribution in [3.05, 3.63) is 10.2 Å². The van der Waals surface area contributed by atoms with Gasteiger partial charge in [0.2, 0.25) is 0 Å². The maximum atomic E-state index is 5.88. The van der Waals surface area contributed by atoms with Gasteiger partial charge in [-0.15, -0.1) is 0 Å². The van der Waals surface area contributed by atoms with Crippen LogP contribution in [0.5, 0.6) is 0 Å². The standard InChI is InChI=1S/C14H23BrN4/c15-12-13(10-5-3-1-2-4-6-10)18-19-11(9-16)7-8-17-14(12)19/h10-11,17H,1-9,16H2. The monoisotopic (exact) mass is 326 g/mol. The maximum Gasteiger partial charge on any atom is 0.139 e. The molecule has 3 N–H and O–H groups in total. The minimum atomic E-state index is 0.354. The van der Waals surface area contributed by atoms with Gasteiger partial charge in [-0.3, -0.25) is 0 Å². The van der Waals surface area contributed by atoms with Crippen LogP contribution in [-0.4, -0.2) is 22.9 Å². The average Bonchev–Trinajstić information content (AvgIpc) is 2.65. The summed E-state index contributed by atoms with van der Waals surface area (Å²) in [7, 11) is 0. The molecule has 1 aromatic rings. The SMILES string of the molecule is NCC1CCNc2c(Br)c(C3CCCCCC3)nn21. The van der Waals surface area contributed by atoms with Crippen LogP contribution >= 0.6 is 15.9 Å². The molecule has 3 rings (SSSR count). The number of nitrogens with one attached hydrogen (secondary N) is 1. The molecule has 0 saturated heterocycles. The molecule has 1 saturated carbocycles. The van der Waals surface area contributed by atoms with Gasteiger partial charge in [0, 0.05) is 19.0 Å². The molecular formula is C14H23BrN4. The van der Waals surface area contributed by atoms with Crippen LogP contribution in [0.2, 0.25) is 0 Å². The normalized spacial score (nSPS) is 24.6. The zero-order chi connectivity index (χ0) is 13.2. The van der Waals surface area contributed by atoms with Crippen LogP contribution in [0.25, 0.3) is 0 Å². The first kappa shape index (κ1) is 13.4. The average molecular weight is 327 g/mol. The van der Waals surface area contributed by atoms with Crippen molar-refractivity contribution in [2.75, 3.05) is 18.4 Å². The van der Waals surface area contributed by atoms with Gasteiger partial charge in [-0.2, -0.15) is 5.10 Å². The number of anilines is 1. The molecule has 1 atom stereocenters. The second-order valence-corrected chi connectivity index (χ2v) is 6.58. The second-order valence-electron chi connectivity index (χ2n) is 5.79. The Hall–Kier alpha value is -0.550. The molecule has 1 aliphatic carbocycles. The molecule has 19 heavy (non-hydrogen) atoms. The minimum absolute atomic E-state index is 0.354. The van der Waals surface area contributed by atoms with Crippen molar-refractivity contribution in [3.8, 4) is 0 Å². The molecule has 5 heteroatoms. The minimum Gasteiger partial charge on any atom is -0.369 e. The number of fused-ring (bicyclic) bond motifs is 1. The van der Waals surface area contributed by atoms with Crippen LogP contribution in [-0.2, 0) is 0 Å². The van der Waals surface area contributed by atoms with Gasteiger partial charge in [-0.1, -0.05) is 25.7 Å². The zero-order valence-electron chi connectivity index (χ0n) is 11.4. The van der Waals surface area contributed by atoms with Crippen molar-refractivity contribution in [1.82, 2.24) is 9.78 Å². The highest BCUT2D eigenvalue weighted by Gasteiger charge is 2.28. The van der Waals surface area contributed by atoms with Crippen molar-refractivity contribution in [3.63, 3.8) is 0 Å². The van der Waals surface area contributed by atoms with E-state index in [1.54, 1.807) is 0 Å². The molecule has 2 aliphatic rings.